The molecule has 0 amide bonds. The number of nitriles is 1. The van der Waals surface area contributed by atoms with Crippen LogP contribution in [0, 0.1) is 11.3 Å². The first kappa shape index (κ1) is 14.6. The third kappa shape index (κ3) is 2.06. The van der Waals surface area contributed by atoms with E-state index in [1.54, 1.807) is 7.11 Å². The largest absolute Gasteiger partial charge is 0.493 e. The van der Waals surface area contributed by atoms with E-state index in [1.165, 1.54) is 11.1 Å². The molecular formula is C18H20N2O3. The molecule has 0 saturated carbocycles. The third-order valence-electron chi connectivity index (χ3n) is 5.33. The fourth-order valence-electron chi connectivity index (χ4n) is 4.23. The van der Waals surface area contributed by atoms with Crippen LogP contribution in [0.1, 0.15) is 24.0 Å². The summed E-state index contributed by atoms with van der Waals surface area (Å²) in [4.78, 5) is 2.17. The topological polar surface area (TPSA) is 65.7 Å². The summed E-state index contributed by atoms with van der Waals surface area (Å²) in [5, 5.41) is 19.1. The lowest BCUT2D eigenvalue weighted by Gasteiger charge is -2.35. The SMILES string of the molecule is COc1ccc2c3c1O[C@@H]1CC(O)C=CC31CCN(CC#N)C2. The minimum atomic E-state index is -0.465. The summed E-state index contributed by atoms with van der Waals surface area (Å²) in [6, 6.07) is 6.28. The Hall–Kier alpha value is -2.03. The van der Waals surface area contributed by atoms with Crippen molar-refractivity contribution < 1.29 is 14.6 Å². The van der Waals surface area contributed by atoms with Crippen LogP contribution in [0.15, 0.2) is 24.3 Å². The molecule has 3 aliphatic rings. The summed E-state index contributed by atoms with van der Waals surface area (Å²) in [7, 11) is 1.65. The maximum atomic E-state index is 10.0. The van der Waals surface area contributed by atoms with E-state index in [0.29, 0.717) is 13.0 Å². The summed E-state index contributed by atoms with van der Waals surface area (Å²) in [6.07, 6.45) is 4.94. The molecule has 120 valence electrons. The van der Waals surface area contributed by atoms with Gasteiger partial charge in [-0.2, -0.15) is 5.26 Å². The molecule has 5 heteroatoms. The monoisotopic (exact) mass is 312 g/mol. The Morgan fingerprint density at radius 1 is 1.52 bits per heavy atom. The number of aliphatic hydroxyl groups excluding tert-OH is 1. The van der Waals surface area contributed by atoms with Crippen molar-refractivity contribution in [3.05, 3.63) is 35.4 Å². The number of hydrogen-bond donors (Lipinski definition) is 1. The molecule has 1 aromatic rings. The molecule has 1 N–H and O–H groups in total. The summed E-state index contributed by atoms with van der Waals surface area (Å²) < 4.78 is 11.7. The molecule has 2 aliphatic heterocycles. The first-order chi connectivity index (χ1) is 11.2. The van der Waals surface area contributed by atoms with Crippen molar-refractivity contribution in [2.75, 3.05) is 20.2 Å². The van der Waals surface area contributed by atoms with Gasteiger partial charge in [0, 0.05) is 25.1 Å². The highest BCUT2D eigenvalue weighted by Crippen LogP contribution is 2.55. The van der Waals surface area contributed by atoms with Gasteiger partial charge in [-0.05, 0) is 18.1 Å². The molecule has 2 unspecified atom stereocenters. The Kier molecular flexibility index (Phi) is 3.33. The van der Waals surface area contributed by atoms with Crippen LogP contribution in [0.5, 0.6) is 11.5 Å². The zero-order valence-corrected chi connectivity index (χ0v) is 13.2. The predicted molar refractivity (Wildman–Crippen MR) is 84.4 cm³/mol. The quantitative estimate of drug-likeness (QED) is 0.666. The standard InChI is InChI=1S/C18H20N2O3/c1-22-14-3-2-12-11-20(9-7-19)8-6-18-5-4-13(21)10-15(18)23-17(14)16(12)18/h2-5,13,15,21H,6,8-11H2,1H3/t13?,15-,18?/m1/s1. The molecule has 0 radical (unpaired) electrons. The molecule has 23 heavy (non-hydrogen) atoms. The Bertz CT molecular complexity index is 709. The Labute approximate surface area is 135 Å². The first-order valence-electron chi connectivity index (χ1n) is 8.01. The molecule has 0 aromatic heterocycles. The van der Waals surface area contributed by atoms with Crippen LogP contribution in [0.25, 0.3) is 0 Å². The average molecular weight is 312 g/mol. The number of aliphatic hydroxyl groups is 1. The van der Waals surface area contributed by atoms with E-state index in [1.807, 2.05) is 12.1 Å². The number of ether oxygens (including phenoxy) is 2. The molecule has 4 rings (SSSR count). The number of hydrogen-bond acceptors (Lipinski definition) is 5. The maximum Gasteiger partial charge on any atom is 0.166 e. The van der Waals surface area contributed by atoms with Crippen LogP contribution in [-0.4, -0.2) is 42.4 Å². The van der Waals surface area contributed by atoms with Gasteiger partial charge in [-0.3, -0.25) is 4.90 Å². The maximum absolute atomic E-state index is 10.0. The number of benzene rings is 1. The average Bonchev–Trinajstić information content (AvgIpc) is 2.79. The van der Waals surface area contributed by atoms with Crippen LogP contribution in [-0.2, 0) is 12.0 Å². The molecule has 1 aliphatic carbocycles. The van der Waals surface area contributed by atoms with Crippen LogP contribution < -0.4 is 9.47 Å². The number of rotatable bonds is 2. The number of nitrogens with zero attached hydrogens (tertiary/aromatic N) is 2. The Balaban J connectivity index is 1.89. The highest BCUT2D eigenvalue weighted by Gasteiger charge is 2.52. The van der Waals surface area contributed by atoms with E-state index in [9.17, 15) is 5.11 Å². The van der Waals surface area contributed by atoms with Crippen LogP contribution in [0.3, 0.4) is 0 Å². The first-order valence-corrected chi connectivity index (χ1v) is 8.01. The van der Waals surface area contributed by atoms with Gasteiger partial charge in [0.15, 0.2) is 11.5 Å². The highest BCUT2D eigenvalue weighted by molar-refractivity contribution is 5.61. The second-order valence-electron chi connectivity index (χ2n) is 6.56. The van der Waals surface area contributed by atoms with Gasteiger partial charge < -0.3 is 14.6 Å². The van der Waals surface area contributed by atoms with Gasteiger partial charge in [-0.25, -0.2) is 0 Å². The molecular weight excluding hydrogens is 292 g/mol. The van der Waals surface area contributed by atoms with E-state index < -0.39 is 6.10 Å². The fourth-order valence-corrected chi connectivity index (χ4v) is 4.23. The molecule has 0 saturated heterocycles. The van der Waals surface area contributed by atoms with Gasteiger partial charge in [-0.1, -0.05) is 18.2 Å². The lowest BCUT2D eigenvalue weighted by Crippen LogP contribution is -2.43. The smallest absolute Gasteiger partial charge is 0.166 e. The molecule has 5 nitrogen and oxygen atoms in total. The Morgan fingerprint density at radius 2 is 2.39 bits per heavy atom. The van der Waals surface area contributed by atoms with E-state index in [2.05, 4.69) is 23.1 Å². The number of methoxy groups -OCH3 is 1. The molecule has 2 heterocycles. The second-order valence-corrected chi connectivity index (χ2v) is 6.56. The normalized spacial score (nSPS) is 31.5. The molecule has 1 aromatic carbocycles. The Morgan fingerprint density at radius 3 is 3.17 bits per heavy atom. The van der Waals surface area contributed by atoms with Crippen molar-refractivity contribution in [2.24, 2.45) is 0 Å². The molecule has 0 bridgehead atoms. The lowest BCUT2D eigenvalue weighted by molar-refractivity contribution is 0.0816. The molecule has 3 atom stereocenters. The van der Waals surface area contributed by atoms with Gasteiger partial charge in [0.25, 0.3) is 0 Å². The van der Waals surface area contributed by atoms with Gasteiger partial charge in [0.05, 0.1) is 31.2 Å². The summed E-state index contributed by atoms with van der Waals surface area (Å²) in [5.74, 6) is 1.56. The third-order valence-corrected chi connectivity index (χ3v) is 5.33. The fraction of sp³-hybridized carbons (Fsp3) is 0.500. The van der Waals surface area contributed by atoms with Crippen molar-refractivity contribution in [3.63, 3.8) is 0 Å². The molecule has 0 fully saturated rings. The zero-order chi connectivity index (χ0) is 16.0. The summed E-state index contributed by atoms with van der Waals surface area (Å²) in [5.41, 5.74) is 2.16. The molecule has 1 spiro atoms. The van der Waals surface area contributed by atoms with Crippen molar-refractivity contribution >= 4 is 0 Å². The van der Waals surface area contributed by atoms with E-state index in [0.717, 1.165) is 31.0 Å². The second kappa shape index (κ2) is 5.26. The van der Waals surface area contributed by atoms with Gasteiger partial charge >= 0.3 is 0 Å². The van der Waals surface area contributed by atoms with Gasteiger partial charge in [0.1, 0.15) is 6.10 Å². The van der Waals surface area contributed by atoms with Crippen LogP contribution in [0.4, 0.5) is 0 Å². The summed E-state index contributed by atoms with van der Waals surface area (Å²) in [6.45, 7) is 2.01. The van der Waals surface area contributed by atoms with Crippen LogP contribution >= 0.6 is 0 Å². The van der Waals surface area contributed by atoms with E-state index in [-0.39, 0.29) is 11.5 Å². The van der Waals surface area contributed by atoms with Gasteiger partial charge in [0.2, 0.25) is 0 Å². The van der Waals surface area contributed by atoms with Crippen molar-refractivity contribution in [1.82, 2.24) is 4.90 Å². The summed E-state index contributed by atoms with van der Waals surface area (Å²) >= 11 is 0. The van der Waals surface area contributed by atoms with Gasteiger partial charge in [-0.15, -0.1) is 0 Å². The van der Waals surface area contributed by atoms with E-state index in [4.69, 9.17) is 14.7 Å². The van der Waals surface area contributed by atoms with E-state index >= 15 is 0 Å². The van der Waals surface area contributed by atoms with Crippen molar-refractivity contribution in [1.29, 1.82) is 5.26 Å². The lowest BCUT2D eigenvalue weighted by atomic mass is 9.69. The highest BCUT2D eigenvalue weighted by atomic mass is 16.5. The van der Waals surface area contributed by atoms with Crippen molar-refractivity contribution in [3.8, 4) is 17.6 Å². The zero-order valence-electron chi connectivity index (χ0n) is 13.2. The van der Waals surface area contributed by atoms with Crippen molar-refractivity contribution in [2.45, 2.75) is 37.0 Å². The van der Waals surface area contributed by atoms with Crippen LogP contribution in [0.2, 0.25) is 0 Å². The minimum Gasteiger partial charge on any atom is -0.493 e. The minimum absolute atomic E-state index is 0.0745. The predicted octanol–water partition coefficient (Wildman–Crippen LogP) is 1.74.